The van der Waals surface area contributed by atoms with Crippen LogP contribution < -0.4 is 0 Å². The van der Waals surface area contributed by atoms with Crippen molar-refractivity contribution < 1.29 is 1.37 Å². The molecule has 0 bridgehead atoms. The standard InChI is InChI=1S/C12H14/c1-3-7-11(8-4-1)12-9-5-2-6-10-12/h1-5,7-8,12H,6,9-10H2/i2D. The van der Waals surface area contributed by atoms with E-state index in [9.17, 15) is 0 Å². The molecule has 1 unspecified atom stereocenters. The van der Waals surface area contributed by atoms with Crippen molar-refractivity contribution in [3.63, 3.8) is 0 Å². The van der Waals surface area contributed by atoms with Gasteiger partial charge in [-0.3, -0.25) is 0 Å². The van der Waals surface area contributed by atoms with Gasteiger partial charge in [0.15, 0.2) is 0 Å². The van der Waals surface area contributed by atoms with Crippen LogP contribution in [0.5, 0.6) is 0 Å². The molecule has 1 aromatic rings. The Hall–Kier alpha value is -1.04. The van der Waals surface area contributed by atoms with Gasteiger partial charge in [0.1, 0.15) is 0 Å². The highest BCUT2D eigenvalue weighted by Crippen LogP contribution is 2.28. The van der Waals surface area contributed by atoms with E-state index in [4.69, 9.17) is 1.37 Å². The first-order chi connectivity index (χ1) is 6.36. The Morgan fingerprint density at radius 2 is 2.08 bits per heavy atom. The quantitative estimate of drug-likeness (QED) is 0.550. The van der Waals surface area contributed by atoms with E-state index in [-0.39, 0.29) is 0 Å². The maximum atomic E-state index is 7.49. The number of hydrogen-bond donors (Lipinski definition) is 0. The molecule has 0 amide bonds. The van der Waals surface area contributed by atoms with Crippen molar-refractivity contribution in [3.8, 4) is 0 Å². The largest absolute Gasteiger partial charge is 0.0885 e. The second kappa shape index (κ2) is 3.57. The van der Waals surface area contributed by atoms with Gasteiger partial charge >= 0.3 is 0 Å². The summed E-state index contributed by atoms with van der Waals surface area (Å²) >= 11 is 0. The SMILES string of the molecule is [2H]C1=CCC(c2ccccc2)CC1. The molecular formula is C12H14. The Morgan fingerprint density at radius 3 is 2.75 bits per heavy atom. The lowest BCUT2D eigenvalue weighted by molar-refractivity contribution is 0.617. The van der Waals surface area contributed by atoms with Gasteiger partial charge in [0.25, 0.3) is 0 Å². The average molecular weight is 159 g/mol. The van der Waals surface area contributed by atoms with Crippen molar-refractivity contribution in [2.24, 2.45) is 0 Å². The molecule has 0 aromatic heterocycles. The van der Waals surface area contributed by atoms with Gasteiger partial charge in [0, 0.05) is 0 Å². The summed E-state index contributed by atoms with van der Waals surface area (Å²) < 4.78 is 7.49. The van der Waals surface area contributed by atoms with Crippen LogP contribution in [0.1, 0.15) is 32.1 Å². The van der Waals surface area contributed by atoms with Crippen LogP contribution >= 0.6 is 0 Å². The van der Waals surface area contributed by atoms with Gasteiger partial charge in [0.2, 0.25) is 0 Å². The predicted molar refractivity (Wildman–Crippen MR) is 52.2 cm³/mol. The molecule has 1 aromatic carbocycles. The van der Waals surface area contributed by atoms with Gasteiger partial charge in [-0.15, -0.1) is 0 Å². The summed E-state index contributed by atoms with van der Waals surface area (Å²) in [6, 6.07) is 11.4. The summed E-state index contributed by atoms with van der Waals surface area (Å²) in [5, 5.41) is 0. The second-order valence-electron chi connectivity index (χ2n) is 3.29. The van der Waals surface area contributed by atoms with Gasteiger partial charge in [-0.2, -0.15) is 0 Å². The summed E-state index contributed by atoms with van der Waals surface area (Å²) in [7, 11) is 0. The van der Waals surface area contributed by atoms with Crippen molar-refractivity contribution >= 4 is 0 Å². The first kappa shape index (κ1) is 6.47. The molecule has 0 N–H and O–H groups in total. The van der Waals surface area contributed by atoms with E-state index in [1.54, 1.807) is 0 Å². The van der Waals surface area contributed by atoms with E-state index in [2.05, 4.69) is 36.4 Å². The molecule has 0 saturated carbocycles. The van der Waals surface area contributed by atoms with E-state index in [1.165, 1.54) is 5.56 Å². The van der Waals surface area contributed by atoms with Gasteiger partial charge < -0.3 is 0 Å². The van der Waals surface area contributed by atoms with Crippen molar-refractivity contribution in [1.82, 2.24) is 0 Å². The van der Waals surface area contributed by atoms with Crippen molar-refractivity contribution in [3.05, 3.63) is 48.0 Å². The van der Waals surface area contributed by atoms with Crippen LogP contribution in [0.3, 0.4) is 0 Å². The topological polar surface area (TPSA) is 0 Å². The Kier molecular flexibility index (Phi) is 1.93. The molecule has 1 aliphatic carbocycles. The molecule has 0 heteroatoms. The fraction of sp³-hybridized carbons (Fsp3) is 0.333. The minimum atomic E-state index is 0.648. The molecule has 2 rings (SSSR count). The molecule has 0 aliphatic heterocycles. The molecule has 0 spiro atoms. The molecule has 0 radical (unpaired) electrons. The maximum absolute atomic E-state index is 7.49. The van der Waals surface area contributed by atoms with Crippen LogP contribution in [0, 0.1) is 0 Å². The summed E-state index contributed by atoms with van der Waals surface area (Å²) in [6.45, 7) is 0. The Bertz CT molecular complexity index is 300. The highest BCUT2D eigenvalue weighted by Gasteiger charge is 2.10. The van der Waals surface area contributed by atoms with E-state index in [0.717, 1.165) is 25.3 Å². The predicted octanol–water partition coefficient (Wildman–Crippen LogP) is 3.51. The van der Waals surface area contributed by atoms with Crippen LogP contribution in [-0.2, 0) is 0 Å². The minimum absolute atomic E-state index is 0.648. The number of allylic oxidation sites excluding steroid dienone is 2. The lowest BCUT2D eigenvalue weighted by Gasteiger charge is -2.17. The maximum Gasteiger partial charge on any atom is 0.0572 e. The summed E-state index contributed by atoms with van der Waals surface area (Å²) in [5.74, 6) is 0.648. The summed E-state index contributed by atoms with van der Waals surface area (Å²) in [6.07, 6.45) is 5.18. The Morgan fingerprint density at radius 1 is 1.25 bits per heavy atom. The van der Waals surface area contributed by atoms with Crippen LogP contribution in [0.25, 0.3) is 0 Å². The van der Waals surface area contributed by atoms with E-state index in [0.29, 0.717) is 5.92 Å². The number of hydrogen-bond acceptors (Lipinski definition) is 0. The first-order valence-corrected chi connectivity index (χ1v) is 4.57. The average Bonchev–Trinajstić information content (AvgIpc) is 2.20. The third-order valence-electron chi connectivity index (χ3n) is 2.45. The molecular weight excluding hydrogens is 144 g/mol. The second-order valence-corrected chi connectivity index (χ2v) is 3.29. The zero-order valence-corrected chi connectivity index (χ0v) is 7.16. The van der Waals surface area contributed by atoms with Crippen molar-refractivity contribution in [2.45, 2.75) is 25.2 Å². The molecule has 62 valence electrons. The van der Waals surface area contributed by atoms with E-state index < -0.39 is 0 Å². The normalized spacial score (nSPS) is 24.5. The monoisotopic (exact) mass is 159 g/mol. The molecule has 1 atom stereocenters. The van der Waals surface area contributed by atoms with Crippen molar-refractivity contribution in [1.29, 1.82) is 0 Å². The molecule has 1 aliphatic rings. The van der Waals surface area contributed by atoms with Crippen LogP contribution in [0.2, 0.25) is 0 Å². The molecule has 12 heavy (non-hydrogen) atoms. The molecule has 0 fully saturated rings. The minimum Gasteiger partial charge on any atom is -0.0885 e. The van der Waals surface area contributed by atoms with Gasteiger partial charge in [-0.05, 0) is 30.7 Å². The zero-order valence-electron chi connectivity index (χ0n) is 8.16. The van der Waals surface area contributed by atoms with Crippen molar-refractivity contribution in [2.75, 3.05) is 0 Å². The lowest BCUT2D eigenvalue weighted by Crippen LogP contribution is -1.99. The lowest BCUT2D eigenvalue weighted by atomic mass is 9.88. The molecule has 0 nitrogen and oxygen atoms in total. The molecule has 0 heterocycles. The fourth-order valence-electron chi connectivity index (χ4n) is 1.73. The van der Waals surface area contributed by atoms with Gasteiger partial charge in [-0.25, -0.2) is 0 Å². The third kappa shape index (κ3) is 1.58. The zero-order chi connectivity index (χ0) is 9.10. The van der Waals surface area contributed by atoms with Crippen LogP contribution in [0.15, 0.2) is 42.5 Å². The van der Waals surface area contributed by atoms with E-state index >= 15 is 0 Å². The first-order valence-electron chi connectivity index (χ1n) is 5.07. The van der Waals surface area contributed by atoms with Gasteiger partial charge in [0.05, 0.1) is 1.37 Å². The fourth-order valence-corrected chi connectivity index (χ4v) is 1.73. The number of benzene rings is 1. The smallest absolute Gasteiger partial charge is 0.0572 e. The third-order valence-corrected chi connectivity index (χ3v) is 2.45. The highest BCUT2D eigenvalue weighted by molar-refractivity contribution is 5.21. The Labute approximate surface area is 75.3 Å². The molecule has 0 saturated heterocycles. The van der Waals surface area contributed by atoms with Gasteiger partial charge in [-0.1, -0.05) is 42.5 Å². The van der Waals surface area contributed by atoms with Crippen LogP contribution in [-0.4, -0.2) is 0 Å². The number of rotatable bonds is 1. The van der Waals surface area contributed by atoms with E-state index in [1.807, 2.05) is 0 Å². The highest BCUT2D eigenvalue weighted by atomic mass is 14.2. The van der Waals surface area contributed by atoms with Crippen LogP contribution in [0.4, 0.5) is 0 Å². The summed E-state index contributed by atoms with van der Waals surface area (Å²) in [4.78, 5) is 0. The Balaban J connectivity index is 2.12. The summed E-state index contributed by atoms with van der Waals surface area (Å²) in [5.41, 5.74) is 1.42.